The van der Waals surface area contributed by atoms with Gasteiger partial charge in [0.15, 0.2) is 0 Å². The van der Waals surface area contributed by atoms with Crippen LogP contribution in [0.3, 0.4) is 0 Å². The molecule has 0 N–H and O–H groups in total. The lowest BCUT2D eigenvalue weighted by Crippen LogP contribution is -2.08. The van der Waals surface area contributed by atoms with E-state index in [0.717, 1.165) is 24.0 Å². The fraction of sp³-hybridized carbons (Fsp3) is 0.217. The largest absolute Gasteiger partial charge is 0.422 e. The number of carbonyl (C=O) groups is 1. The third-order valence-corrected chi connectivity index (χ3v) is 6.16. The number of nitriles is 1. The van der Waals surface area contributed by atoms with E-state index >= 15 is 0 Å². The number of benzene rings is 2. The Bertz CT molecular complexity index is 1010. The Morgan fingerprint density at radius 3 is 2.44 bits per heavy atom. The van der Waals surface area contributed by atoms with Crippen molar-refractivity contribution in [1.82, 2.24) is 0 Å². The fourth-order valence-electron chi connectivity index (χ4n) is 3.42. The van der Waals surface area contributed by atoms with Crippen molar-refractivity contribution in [3.63, 3.8) is 0 Å². The van der Waals surface area contributed by atoms with E-state index < -0.39 is 0 Å². The molecule has 4 heteroatoms. The second-order valence-corrected chi connectivity index (χ2v) is 8.15. The minimum absolute atomic E-state index is 0.284. The highest BCUT2D eigenvalue weighted by molar-refractivity contribution is 7.14. The smallest absolute Gasteiger partial charge is 0.353 e. The third kappa shape index (κ3) is 3.79. The molecule has 3 aromatic rings. The number of hydrogen-bond donors (Lipinski definition) is 0. The SMILES string of the molecule is C[C@H]1CCc2sc(C(=O)Oc3ccc(-c4ccc(C#N)cc4)cc3)cc2C1. The first-order chi connectivity index (χ1) is 13.1. The molecule has 0 amide bonds. The summed E-state index contributed by atoms with van der Waals surface area (Å²) in [5.74, 6) is 0.941. The van der Waals surface area contributed by atoms with E-state index in [1.165, 1.54) is 16.9 Å². The maximum atomic E-state index is 12.5. The van der Waals surface area contributed by atoms with Crippen molar-refractivity contribution >= 4 is 17.3 Å². The molecule has 1 aliphatic carbocycles. The van der Waals surface area contributed by atoms with E-state index in [0.29, 0.717) is 22.1 Å². The normalized spacial score (nSPS) is 15.6. The Morgan fingerprint density at radius 2 is 1.78 bits per heavy atom. The van der Waals surface area contributed by atoms with Gasteiger partial charge in [-0.1, -0.05) is 31.2 Å². The predicted molar refractivity (Wildman–Crippen MR) is 107 cm³/mol. The minimum atomic E-state index is -0.284. The standard InChI is InChI=1S/C23H19NO2S/c1-15-2-11-21-19(12-15)13-22(27-21)23(25)26-20-9-7-18(8-10-20)17-5-3-16(14-24)4-6-17/h3-10,13,15H,2,11-12H2,1H3/t15-/m0/s1. The molecule has 1 aliphatic rings. The van der Waals surface area contributed by atoms with Crippen LogP contribution in [0.15, 0.2) is 54.6 Å². The first kappa shape index (κ1) is 17.5. The molecule has 2 aromatic carbocycles. The molecule has 27 heavy (non-hydrogen) atoms. The summed E-state index contributed by atoms with van der Waals surface area (Å²) in [4.78, 5) is 14.5. The second-order valence-electron chi connectivity index (χ2n) is 7.01. The summed E-state index contributed by atoms with van der Waals surface area (Å²) in [5, 5.41) is 8.88. The van der Waals surface area contributed by atoms with Crippen LogP contribution in [0.5, 0.6) is 5.75 Å². The van der Waals surface area contributed by atoms with Gasteiger partial charge in [0.2, 0.25) is 0 Å². The first-order valence-electron chi connectivity index (χ1n) is 9.07. The second kappa shape index (κ2) is 7.38. The van der Waals surface area contributed by atoms with Crippen molar-refractivity contribution in [3.8, 4) is 22.9 Å². The summed E-state index contributed by atoms with van der Waals surface area (Å²) in [6.45, 7) is 2.26. The van der Waals surface area contributed by atoms with Crippen molar-refractivity contribution < 1.29 is 9.53 Å². The van der Waals surface area contributed by atoms with E-state index in [-0.39, 0.29) is 5.97 Å². The lowest BCUT2D eigenvalue weighted by Gasteiger charge is -2.16. The van der Waals surface area contributed by atoms with Crippen LogP contribution in [0, 0.1) is 17.2 Å². The van der Waals surface area contributed by atoms with Gasteiger partial charge in [-0.15, -0.1) is 11.3 Å². The van der Waals surface area contributed by atoms with Gasteiger partial charge in [-0.2, -0.15) is 5.26 Å². The molecule has 1 aromatic heterocycles. The summed E-state index contributed by atoms with van der Waals surface area (Å²) < 4.78 is 5.56. The van der Waals surface area contributed by atoms with Gasteiger partial charge >= 0.3 is 5.97 Å². The Morgan fingerprint density at radius 1 is 1.11 bits per heavy atom. The van der Waals surface area contributed by atoms with Gasteiger partial charge in [-0.05, 0) is 72.2 Å². The maximum Gasteiger partial charge on any atom is 0.353 e. The van der Waals surface area contributed by atoms with Crippen LogP contribution in [0.25, 0.3) is 11.1 Å². The molecule has 1 heterocycles. The van der Waals surface area contributed by atoms with E-state index in [1.807, 2.05) is 30.3 Å². The van der Waals surface area contributed by atoms with Crippen molar-refractivity contribution in [2.45, 2.75) is 26.2 Å². The lowest BCUT2D eigenvalue weighted by atomic mass is 9.90. The van der Waals surface area contributed by atoms with Crippen LogP contribution in [0.2, 0.25) is 0 Å². The number of ether oxygens (including phenoxy) is 1. The zero-order chi connectivity index (χ0) is 18.8. The highest BCUT2D eigenvalue weighted by Crippen LogP contribution is 2.33. The fourth-order valence-corrected chi connectivity index (χ4v) is 4.50. The number of aryl methyl sites for hydroxylation is 1. The van der Waals surface area contributed by atoms with Crippen molar-refractivity contribution in [3.05, 3.63) is 75.5 Å². The molecular weight excluding hydrogens is 354 g/mol. The number of esters is 1. The summed E-state index contributed by atoms with van der Waals surface area (Å²) >= 11 is 1.57. The van der Waals surface area contributed by atoms with E-state index in [2.05, 4.69) is 13.0 Å². The zero-order valence-electron chi connectivity index (χ0n) is 15.1. The number of fused-ring (bicyclic) bond motifs is 1. The predicted octanol–water partition coefficient (Wildman–Crippen LogP) is 5.63. The highest BCUT2D eigenvalue weighted by Gasteiger charge is 2.21. The molecule has 0 saturated heterocycles. The van der Waals surface area contributed by atoms with Crippen LogP contribution < -0.4 is 4.74 Å². The number of carbonyl (C=O) groups excluding carboxylic acids is 1. The monoisotopic (exact) mass is 373 g/mol. The number of thiophene rings is 1. The molecule has 0 saturated carbocycles. The van der Waals surface area contributed by atoms with E-state index in [4.69, 9.17) is 10.00 Å². The first-order valence-corrected chi connectivity index (χ1v) is 9.88. The van der Waals surface area contributed by atoms with Crippen LogP contribution in [0.1, 0.15) is 39.0 Å². The van der Waals surface area contributed by atoms with E-state index in [9.17, 15) is 4.79 Å². The van der Waals surface area contributed by atoms with Gasteiger partial charge in [0.05, 0.1) is 11.6 Å². The van der Waals surface area contributed by atoms with Crippen molar-refractivity contribution in [2.24, 2.45) is 5.92 Å². The molecule has 0 fully saturated rings. The molecular formula is C23H19NO2S. The molecule has 0 radical (unpaired) electrons. The maximum absolute atomic E-state index is 12.5. The van der Waals surface area contributed by atoms with Gasteiger partial charge in [0, 0.05) is 4.88 Å². The van der Waals surface area contributed by atoms with Crippen LogP contribution in [0.4, 0.5) is 0 Å². The van der Waals surface area contributed by atoms with Gasteiger partial charge < -0.3 is 4.74 Å². The number of rotatable bonds is 3. The third-order valence-electron chi connectivity index (χ3n) is 4.94. The van der Waals surface area contributed by atoms with Gasteiger partial charge in [0.1, 0.15) is 10.6 Å². The Balaban J connectivity index is 1.46. The van der Waals surface area contributed by atoms with Crippen LogP contribution in [-0.4, -0.2) is 5.97 Å². The molecule has 3 nitrogen and oxygen atoms in total. The molecule has 0 unspecified atom stereocenters. The molecule has 4 rings (SSSR count). The molecule has 134 valence electrons. The highest BCUT2D eigenvalue weighted by atomic mass is 32.1. The summed E-state index contributed by atoms with van der Waals surface area (Å²) in [5.41, 5.74) is 3.98. The molecule has 1 atom stereocenters. The summed E-state index contributed by atoms with van der Waals surface area (Å²) in [6.07, 6.45) is 3.31. The van der Waals surface area contributed by atoms with E-state index in [1.54, 1.807) is 35.6 Å². The summed E-state index contributed by atoms with van der Waals surface area (Å²) in [6, 6.07) is 19.0. The van der Waals surface area contributed by atoms with Gasteiger partial charge in [0.25, 0.3) is 0 Å². The van der Waals surface area contributed by atoms with Gasteiger partial charge in [-0.3, -0.25) is 0 Å². The van der Waals surface area contributed by atoms with Crippen molar-refractivity contribution in [1.29, 1.82) is 5.26 Å². The summed E-state index contributed by atoms with van der Waals surface area (Å²) in [7, 11) is 0. The van der Waals surface area contributed by atoms with Gasteiger partial charge in [-0.25, -0.2) is 4.79 Å². The Hall–Kier alpha value is -2.90. The molecule has 0 aliphatic heterocycles. The van der Waals surface area contributed by atoms with Crippen LogP contribution in [-0.2, 0) is 12.8 Å². The topological polar surface area (TPSA) is 50.1 Å². The average molecular weight is 373 g/mol. The average Bonchev–Trinajstić information content (AvgIpc) is 3.12. The quantitative estimate of drug-likeness (QED) is 0.441. The molecule has 0 bridgehead atoms. The Kier molecular flexibility index (Phi) is 4.79. The lowest BCUT2D eigenvalue weighted by molar-refractivity contribution is 0.0740. The van der Waals surface area contributed by atoms with Crippen molar-refractivity contribution in [2.75, 3.05) is 0 Å². The van der Waals surface area contributed by atoms with Crippen LogP contribution >= 0.6 is 11.3 Å². The number of nitrogens with zero attached hydrogens (tertiary/aromatic N) is 1. The minimum Gasteiger partial charge on any atom is -0.422 e. The number of hydrogen-bond acceptors (Lipinski definition) is 4. The Labute approximate surface area is 162 Å². The zero-order valence-corrected chi connectivity index (χ0v) is 15.9. The molecule has 0 spiro atoms.